The zero-order valence-electron chi connectivity index (χ0n) is 22.5. The molecular formula is C29H35F2N3O5. The lowest BCUT2D eigenvalue weighted by Crippen LogP contribution is -2.68. The Hall–Kier alpha value is -3.87. The fourth-order valence-electron chi connectivity index (χ4n) is 4.81. The zero-order valence-corrected chi connectivity index (χ0v) is 22.5. The first-order valence-corrected chi connectivity index (χ1v) is 13.1. The molecule has 1 atom stereocenters. The number of rotatable bonds is 13. The van der Waals surface area contributed by atoms with Crippen LogP contribution in [0.15, 0.2) is 42.5 Å². The number of carboxylic acid groups (broad SMARTS) is 1. The molecule has 2 amide bonds. The van der Waals surface area contributed by atoms with Crippen LogP contribution < -0.4 is 14.8 Å². The molecule has 0 saturated heterocycles. The lowest BCUT2D eigenvalue weighted by molar-refractivity contribution is -0.175. The van der Waals surface area contributed by atoms with Gasteiger partial charge in [-0.1, -0.05) is 30.3 Å². The predicted octanol–water partition coefficient (Wildman–Crippen LogP) is 5.70. The van der Waals surface area contributed by atoms with E-state index in [2.05, 4.69) is 11.4 Å². The van der Waals surface area contributed by atoms with Gasteiger partial charge in [-0.15, -0.1) is 0 Å². The SMILES string of the molecule is CCOc1cc(C(C)N(CCCCc2ccccc2)C(=O)NC2(C(=O)O)CC(F)(F)C2)cc(OCC)c1C#N. The van der Waals surface area contributed by atoms with E-state index in [1.165, 1.54) is 4.90 Å². The summed E-state index contributed by atoms with van der Waals surface area (Å²) >= 11 is 0. The van der Waals surface area contributed by atoms with Crippen molar-refractivity contribution >= 4 is 12.0 Å². The molecule has 3 rings (SSSR count). The summed E-state index contributed by atoms with van der Waals surface area (Å²) in [4.78, 5) is 26.8. The fraction of sp³-hybridized carbons (Fsp3) is 0.483. The van der Waals surface area contributed by atoms with E-state index in [9.17, 15) is 28.7 Å². The third kappa shape index (κ3) is 7.16. The van der Waals surface area contributed by atoms with Gasteiger partial charge in [-0.3, -0.25) is 0 Å². The van der Waals surface area contributed by atoms with Crippen molar-refractivity contribution < 1.29 is 33.0 Å². The zero-order chi connectivity index (χ0) is 28.6. The number of aliphatic carboxylic acids is 1. The highest BCUT2D eigenvalue weighted by molar-refractivity contribution is 5.88. The Morgan fingerprint density at radius 1 is 1.10 bits per heavy atom. The Morgan fingerprint density at radius 3 is 2.18 bits per heavy atom. The second-order valence-corrected chi connectivity index (χ2v) is 9.71. The smallest absolute Gasteiger partial charge is 0.329 e. The van der Waals surface area contributed by atoms with Gasteiger partial charge in [0.15, 0.2) is 5.54 Å². The van der Waals surface area contributed by atoms with E-state index in [0.29, 0.717) is 36.7 Å². The van der Waals surface area contributed by atoms with E-state index in [4.69, 9.17) is 9.47 Å². The summed E-state index contributed by atoms with van der Waals surface area (Å²) in [6, 6.07) is 13.9. The van der Waals surface area contributed by atoms with Crippen molar-refractivity contribution in [2.75, 3.05) is 19.8 Å². The normalized spacial score (nSPS) is 15.8. The molecule has 2 aromatic rings. The van der Waals surface area contributed by atoms with Crippen LogP contribution in [-0.4, -0.2) is 53.2 Å². The summed E-state index contributed by atoms with van der Waals surface area (Å²) in [6.07, 6.45) is 0.213. The number of hydrogen-bond donors (Lipinski definition) is 2. The lowest BCUT2D eigenvalue weighted by Gasteiger charge is -2.45. The molecule has 0 aromatic heterocycles. The number of nitrogens with zero attached hydrogens (tertiary/aromatic N) is 2. The molecule has 1 aliphatic rings. The molecule has 0 spiro atoms. The van der Waals surface area contributed by atoms with Crippen LogP contribution >= 0.6 is 0 Å². The van der Waals surface area contributed by atoms with Crippen molar-refractivity contribution in [1.29, 1.82) is 5.26 Å². The third-order valence-electron chi connectivity index (χ3n) is 6.84. The van der Waals surface area contributed by atoms with Gasteiger partial charge in [0.1, 0.15) is 23.1 Å². The quantitative estimate of drug-likeness (QED) is 0.313. The molecule has 1 fully saturated rings. The number of hydrogen-bond acceptors (Lipinski definition) is 5. The van der Waals surface area contributed by atoms with E-state index < -0.39 is 42.3 Å². The van der Waals surface area contributed by atoms with Crippen molar-refractivity contribution in [3.8, 4) is 17.6 Å². The van der Waals surface area contributed by atoms with E-state index in [0.717, 1.165) is 18.4 Å². The molecule has 1 saturated carbocycles. The molecule has 0 radical (unpaired) electrons. The third-order valence-corrected chi connectivity index (χ3v) is 6.84. The maximum atomic E-state index is 13.7. The summed E-state index contributed by atoms with van der Waals surface area (Å²) in [7, 11) is 0. The first kappa shape index (κ1) is 29.7. The molecular weight excluding hydrogens is 508 g/mol. The van der Waals surface area contributed by atoms with Crippen molar-refractivity contribution in [1.82, 2.24) is 10.2 Å². The highest BCUT2D eigenvalue weighted by Crippen LogP contribution is 2.46. The molecule has 1 unspecified atom stereocenters. The number of aryl methyl sites for hydroxylation is 1. The summed E-state index contributed by atoms with van der Waals surface area (Å²) < 4.78 is 38.7. The van der Waals surface area contributed by atoms with Crippen LogP contribution in [0.2, 0.25) is 0 Å². The van der Waals surface area contributed by atoms with Gasteiger partial charge in [0, 0.05) is 19.4 Å². The van der Waals surface area contributed by atoms with Crippen LogP contribution in [-0.2, 0) is 11.2 Å². The molecule has 0 bridgehead atoms. The van der Waals surface area contributed by atoms with Crippen LogP contribution in [0.1, 0.15) is 69.2 Å². The Morgan fingerprint density at radius 2 is 1.69 bits per heavy atom. The highest BCUT2D eigenvalue weighted by Gasteiger charge is 2.62. The second-order valence-electron chi connectivity index (χ2n) is 9.71. The molecule has 10 heteroatoms. The van der Waals surface area contributed by atoms with E-state index in [1.807, 2.05) is 30.3 Å². The van der Waals surface area contributed by atoms with Gasteiger partial charge >= 0.3 is 12.0 Å². The summed E-state index contributed by atoms with van der Waals surface area (Å²) in [5, 5.41) is 21.7. The van der Waals surface area contributed by atoms with Gasteiger partial charge in [0.2, 0.25) is 0 Å². The Kier molecular flexibility index (Phi) is 9.73. The minimum Gasteiger partial charge on any atom is -0.492 e. The number of halogens is 2. The number of nitrogens with one attached hydrogen (secondary N) is 1. The van der Waals surface area contributed by atoms with E-state index >= 15 is 0 Å². The van der Waals surface area contributed by atoms with Crippen molar-refractivity contribution in [3.63, 3.8) is 0 Å². The molecule has 2 N–H and O–H groups in total. The van der Waals surface area contributed by atoms with Gasteiger partial charge in [-0.2, -0.15) is 5.26 Å². The van der Waals surface area contributed by atoms with E-state index in [1.54, 1.807) is 32.9 Å². The average Bonchev–Trinajstić information content (AvgIpc) is 2.87. The van der Waals surface area contributed by atoms with Crippen molar-refractivity contribution in [3.05, 3.63) is 59.2 Å². The van der Waals surface area contributed by atoms with Crippen LogP contribution in [0.5, 0.6) is 11.5 Å². The number of benzene rings is 2. The first-order chi connectivity index (χ1) is 18.6. The number of carbonyl (C=O) groups is 2. The van der Waals surface area contributed by atoms with Gasteiger partial charge in [-0.05, 0) is 63.3 Å². The summed E-state index contributed by atoms with van der Waals surface area (Å²) in [6.45, 7) is 6.17. The van der Waals surface area contributed by atoms with Crippen LogP contribution in [0.4, 0.5) is 13.6 Å². The topological polar surface area (TPSA) is 112 Å². The average molecular weight is 544 g/mol. The predicted molar refractivity (Wildman–Crippen MR) is 141 cm³/mol. The summed E-state index contributed by atoms with van der Waals surface area (Å²) in [5.74, 6) is -4.03. The molecule has 8 nitrogen and oxygen atoms in total. The summed E-state index contributed by atoms with van der Waals surface area (Å²) in [5.41, 5.74) is -0.0458. The van der Waals surface area contributed by atoms with Gasteiger partial charge in [-0.25, -0.2) is 18.4 Å². The Labute approximate surface area is 227 Å². The molecule has 1 aliphatic carbocycles. The maximum Gasteiger partial charge on any atom is 0.329 e. The second kappa shape index (κ2) is 12.8. The van der Waals surface area contributed by atoms with Crippen LogP contribution in [0, 0.1) is 11.3 Å². The molecule has 2 aromatic carbocycles. The van der Waals surface area contributed by atoms with Gasteiger partial charge in [0.05, 0.1) is 19.3 Å². The lowest BCUT2D eigenvalue weighted by atomic mass is 9.73. The Balaban J connectivity index is 1.88. The first-order valence-electron chi connectivity index (χ1n) is 13.1. The van der Waals surface area contributed by atoms with Crippen LogP contribution in [0.3, 0.4) is 0 Å². The standard InChI is InChI=1S/C29H35F2N3O5/c1-4-38-24-15-22(16-25(39-5-2)23(24)17-32)20(3)34(14-10-9-13-21-11-7-6-8-12-21)27(37)33-28(26(35)36)18-29(30,31)19-28/h6-8,11-12,15-16,20H,4-5,9-10,13-14,18-19H2,1-3H3,(H,33,37)(H,35,36). The molecule has 210 valence electrons. The fourth-order valence-corrected chi connectivity index (χ4v) is 4.81. The number of carboxylic acids is 1. The molecule has 39 heavy (non-hydrogen) atoms. The largest absolute Gasteiger partial charge is 0.492 e. The molecule has 0 aliphatic heterocycles. The van der Waals surface area contributed by atoms with Crippen molar-refractivity contribution in [2.24, 2.45) is 0 Å². The number of amides is 2. The number of ether oxygens (including phenoxy) is 2. The number of unbranched alkanes of at least 4 members (excludes halogenated alkanes) is 1. The van der Waals surface area contributed by atoms with E-state index in [-0.39, 0.29) is 12.1 Å². The minimum atomic E-state index is -3.15. The van der Waals surface area contributed by atoms with Gasteiger partial charge in [0.25, 0.3) is 5.92 Å². The monoisotopic (exact) mass is 543 g/mol. The number of urea groups is 1. The van der Waals surface area contributed by atoms with Crippen LogP contribution in [0.25, 0.3) is 0 Å². The molecule has 0 heterocycles. The number of nitriles is 1. The maximum absolute atomic E-state index is 13.7. The number of alkyl halides is 2. The Bertz CT molecular complexity index is 1160. The van der Waals surface area contributed by atoms with Gasteiger partial charge < -0.3 is 24.8 Å². The number of carbonyl (C=O) groups excluding carboxylic acids is 1. The minimum absolute atomic E-state index is 0.232. The van der Waals surface area contributed by atoms with Crippen molar-refractivity contribution in [2.45, 2.75) is 70.4 Å². The highest BCUT2D eigenvalue weighted by atomic mass is 19.3.